The molecular formula is C15H17BrN4O3. The first kappa shape index (κ1) is 15.8. The summed E-state index contributed by atoms with van der Waals surface area (Å²) in [6.07, 6.45) is 1.70. The molecule has 1 aliphatic heterocycles. The van der Waals surface area contributed by atoms with Gasteiger partial charge in [0.15, 0.2) is 0 Å². The van der Waals surface area contributed by atoms with Crippen LogP contribution in [0.3, 0.4) is 0 Å². The zero-order valence-corrected chi connectivity index (χ0v) is 14.5. The Balaban J connectivity index is 2.09. The first-order chi connectivity index (χ1) is 11.1. The lowest BCUT2D eigenvalue weighted by Gasteiger charge is -2.26. The standard InChI is InChI=1S/C15H17BrN4O3/c1-3-22-12-7-13(23-4-2)10(16)5-9(12)11-6-14(21)19-15-17-8-18-20(11)15/h5,7-8,11H,3-4,6H2,1-2H3,(H,17,18,19,21)/t11-/m0/s1. The van der Waals surface area contributed by atoms with Gasteiger partial charge in [-0.15, -0.1) is 0 Å². The van der Waals surface area contributed by atoms with Gasteiger partial charge in [0, 0.05) is 11.6 Å². The number of ether oxygens (including phenoxy) is 2. The molecule has 1 atom stereocenters. The Morgan fingerprint density at radius 1 is 1.30 bits per heavy atom. The van der Waals surface area contributed by atoms with Crippen LogP contribution in [-0.2, 0) is 4.79 Å². The minimum absolute atomic E-state index is 0.0945. The number of nitrogens with one attached hydrogen (secondary N) is 1. The first-order valence-electron chi connectivity index (χ1n) is 7.42. The fourth-order valence-electron chi connectivity index (χ4n) is 2.60. The van der Waals surface area contributed by atoms with Gasteiger partial charge in [-0.2, -0.15) is 10.1 Å². The molecule has 1 amide bonds. The van der Waals surface area contributed by atoms with Crippen LogP contribution in [0.15, 0.2) is 22.9 Å². The molecule has 1 N–H and O–H groups in total. The summed E-state index contributed by atoms with van der Waals surface area (Å²) in [6.45, 7) is 4.92. The monoisotopic (exact) mass is 380 g/mol. The number of halogens is 1. The van der Waals surface area contributed by atoms with E-state index in [1.165, 1.54) is 6.33 Å². The van der Waals surface area contributed by atoms with Crippen molar-refractivity contribution in [2.45, 2.75) is 26.3 Å². The molecule has 2 heterocycles. The second kappa shape index (κ2) is 6.57. The number of hydrogen-bond donors (Lipinski definition) is 1. The van der Waals surface area contributed by atoms with E-state index >= 15 is 0 Å². The van der Waals surface area contributed by atoms with Crippen molar-refractivity contribution in [3.8, 4) is 11.5 Å². The summed E-state index contributed by atoms with van der Waals surface area (Å²) < 4.78 is 13.9. The van der Waals surface area contributed by atoms with E-state index in [2.05, 4.69) is 31.3 Å². The lowest BCUT2D eigenvalue weighted by atomic mass is 10.0. The normalized spacial score (nSPS) is 16.7. The molecule has 0 radical (unpaired) electrons. The van der Waals surface area contributed by atoms with Gasteiger partial charge in [-0.1, -0.05) is 0 Å². The smallest absolute Gasteiger partial charge is 0.229 e. The molecule has 2 aromatic rings. The summed E-state index contributed by atoms with van der Waals surface area (Å²) in [7, 11) is 0. The number of aromatic nitrogens is 3. The summed E-state index contributed by atoms with van der Waals surface area (Å²) in [5, 5.41) is 6.94. The van der Waals surface area contributed by atoms with Gasteiger partial charge < -0.3 is 9.47 Å². The highest BCUT2D eigenvalue weighted by Gasteiger charge is 2.30. The predicted octanol–water partition coefficient (Wildman–Crippen LogP) is 2.77. The molecule has 0 unspecified atom stereocenters. The van der Waals surface area contributed by atoms with Gasteiger partial charge in [-0.05, 0) is 35.8 Å². The van der Waals surface area contributed by atoms with Crippen molar-refractivity contribution in [3.05, 3.63) is 28.5 Å². The molecule has 0 aliphatic carbocycles. The number of carbonyl (C=O) groups excluding carboxylic acids is 1. The molecule has 0 saturated heterocycles. The minimum atomic E-state index is -0.269. The van der Waals surface area contributed by atoms with Gasteiger partial charge in [-0.3, -0.25) is 10.1 Å². The van der Waals surface area contributed by atoms with Gasteiger partial charge in [0.05, 0.1) is 30.1 Å². The maximum absolute atomic E-state index is 12.0. The third-order valence-electron chi connectivity index (χ3n) is 3.52. The van der Waals surface area contributed by atoms with E-state index in [0.29, 0.717) is 30.7 Å². The Morgan fingerprint density at radius 2 is 2.04 bits per heavy atom. The van der Waals surface area contributed by atoms with Crippen molar-refractivity contribution >= 4 is 27.8 Å². The Hall–Kier alpha value is -2.09. The van der Waals surface area contributed by atoms with Crippen LogP contribution in [0.25, 0.3) is 0 Å². The molecule has 3 rings (SSSR count). The number of anilines is 1. The number of rotatable bonds is 5. The zero-order chi connectivity index (χ0) is 16.4. The summed E-state index contributed by atoms with van der Waals surface area (Å²) >= 11 is 3.52. The van der Waals surface area contributed by atoms with Gasteiger partial charge >= 0.3 is 0 Å². The highest BCUT2D eigenvalue weighted by Crippen LogP contribution is 2.40. The predicted molar refractivity (Wildman–Crippen MR) is 87.9 cm³/mol. The largest absolute Gasteiger partial charge is 0.493 e. The van der Waals surface area contributed by atoms with Crippen molar-refractivity contribution in [2.75, 3.05) is 18.5 Å². The van der Waals surface area contributed by atoms with Gasteiger partial charge in [0.25, 0.3) is 0 Å². The fraction of sp³-hybridized carbons (Fsp3) is 0.400. The SMILES string of the molecule is CCOc1cc(OCC)c([C@@H]2CC(=O)Nc3ncnn32)cc1Br. The van der Waals surface area contributed by atoms with Crippen molar-refractivity contribution in [3.63, 3.8) is 0 Å². The van der Waals surface area contributed by atoms with Crippen LogP contribution < -0.4 is 14.8 Å². The van der Waals surface area contributed by atoms with Crippen LogP contribution in [0.1, 0.15) is 31.9 Å². The van der Waals surface area contributed by atoms with Gasteiger partial charge in [0.1, 0.15) is 17.8 Å². The highest BCUT2D eigenvalue weighted by atomic mass is 79.9. The Labute approximate surface area is 142 Å². The third kappa shape index (κ3) is 3.03. The Kier molecular flexibility index (Phi) is 4.51. The number of hydrogen-bond acceptors (Lipinski definition) is 5. The van der Waals surface area contributed by atoms with E-state index in [9.17, 15) is 4.79 Å². The van der Waals surface area contributed by atoms with Crippen LogP contribution in [0, 0.1) is 0 Å². The molecule has 8 heteroatoms. The van der Waals surface area contributed by atoms with Crippen molar-refractivity contribution in [1.29, 1.82) is 0 Å². The molecule has 0 spiro atoms. The minimum Gasteiger partial charge on any atom is -0.493 e. The van der Waals surface area contributed by atoms with E-state index in [4.69, 9.17) is 9.47 Å². The molecule has 0 bridgehead atoms. The molecule has 0 saturated carbocycles. The summed E-state index contributed by atoms with van der Waals surface area (Å²) in [6, 6.07) is 3.50. The summed E-state index contributed by atoms with van der Waals surface area (Å²) in [4.78, 5) is 16.0. The highest BCUT2D eigenvalue weighted by molar-refractivity contribution is 9.10. The van der Waals surface area contributed by atoms with Crippen molar-refractivity contribution in [2.24, 2.45) is 0 Å². The van der Waals surface area contributed by atoms with Crippen LogP contribution in [-0.4, -0.2) is 33.9 Å². The summed E-state index contributed by atoms with van der Waals surface area (Å²) in [5.74, 6) is 1.74. The number of carbonyl (C=O) groups is 1. The molecule has 7 nitrogen and oxygen atoms in total. The number of nitrogens with zero attached hydrogens (tertiary/aromatic N) is 3. The maximum Gasteiger partial charge on any atom is 0.229 e. The van der Waals surface area contributed by atoms with Crippen molar-refractivity contribution < 1.29 is 14.3 Å². The van der Waals surface area contributed by atoms with E-state index < -0.39 is 0 Å². The molecule has 0 fully saturated rings. The van der Waals surface area contributed by atoms with E-state index in [1.54, 1.807) is 4.68 Å². The number of amides is 1. The Morgan fingerprint density at radius 3 is 2.78 bits per heavy atom. The topological polar surface area (TPSA) is 78.3 Å². The second-order valence-electron chi connectivity index (χ2n) is 4.98. The second-order valence-corrected chi connectivity index (χ2v) is 5.84. The molecule has 1 aliphatic rings. The molecule has 122 valence electrons. The van der Waals surface area contributed by atoms with Crippen molar-refractivity contribution in [1.82, 2.24) is 14.8 Å². The lowest BCUT2D eigenvalue weighted by molar-refractivity contribution is -0.117. The third-order valence-corrected chi connectivity index (χ3v) is 4.14. The average Bonchev–Trinajstić information content (AvgIpc) is 2.98. The Bertz CT molecular complexity index is 732. The van der Waals surface area contributed by atoms with E-state index in [-0.39, 0.29) is 18.4 Å². The fourth-order valence-corrected chi connectivity index (χ4v) is 3.08. The lowest BCUT2D eigenvalue weighted by Crippen LogP contribution is -2.29. The summed E-state index contributed by atoms with van der Waals surface area (Å²) in [5.41, 5.74) is 0.865. The molecule has 23 heavy (non-hydrogen) atoms. The van der Waals surface area contributed by atoms with E-state index in [0.717, 1.165) is 10.0 Å². The molecular weight excluding hydrogens is 364 g/mol. The molecule has 1 aromatic carbocycles. The number of benzene rings is 1. The zero-order valence-electron chi connectivity index (χ0n) is 12.9. The van der Waals surface area contributed by atoms with Crippen LogP contribution >= 0.6 is 15.9 Å². The van der Waals surface area contributed by atoms with Crippen LogP contribution in [0.5, 0.6) is 11.5 Å². The number of fused-ring (bicyclic) bond motifs is 1. The quantitative estimate of drug-likeness (QED) is 0.862. The van der Waals surface area contributed by atoms with Crippen LogP contribution in [0.2, 0.25) is 0 Å². The van der Waals surface area contributed by atoms with Gasteiger partial charge in [-0.25, -0.2) is 4.68 Å². The van der Waals surface area contributed by atoms with Gasteiger partial charge in [0.2, 0.25) is 11.9 Å². The average molecular weight is 381 g/mol. The first-order valence-corrected chi connectivity index (χ1v) is 8.21. The van der Waals surface area contributed by atoms with E-state index in [1.807, 2.05) is 26.0 Å². The maximum atomic E-state index is 12.0. The van der Waals surface area contributed by atoms with Crippen LogP contribution in [0.4, 0.5) is 5.95 Å². The molecule has 1 aromatic heterocycles.